The smallest absolute Gasteiger partial charge is 0.182 e. The second-order valence-corrected chi connectivity index (χ2v) is 6.93. The van der Waals surface area contributed by atoms with Crippen LogP contribution in [0.4, 0.5) is 10.8 Å². The Morgan fingerprint density at radius 3 is 2.59 bits per heavy atom. The third kappa shape index (κ3) is 3.10. The van der Waals surface area contributed by atoms with Crippen molar-refractivity contribution in [3.05, 3.63) is 0 Å². The number of nitrogen functional groups attached to an aromatic ring is 1. The minimum Gasteiger partial charge on any atom is -0.382 e. The molecule has 0 aliphatic heterocycles. The highest BCUT2D eigenvalue weighted by Gasteiger charge is 2.25. The molecule has 0 bridgehead atoms. The summed E-state index contributed by atoms with van der Waals surface area (Å²) < 4.78 is 27.3. The third-order valence-electron chi connectivity index (χ3n) is 2.72. The number of hydrogen-bond donors (Lipinski definition) is 1. The second kappa shape index (κ2) is 5.22. The molecule has 0 fully saturated rings. The predicted molar refractivity (Wildman–Crippen MR) is 72.4 cm³/mol. The van der Waals surface area contributed by atoms with Gasteiger partial charge >= 0.3 is 0 Å². The fraction of sp³-hybridized carbons (Fsp3) is 0.700. The van der Waals surface area contributed by atoms with Crippen LogP contribution < -0.4 is 10.6 Å². The zero-order chi connectivity index (χ0) is 13.2. The first-order valence-corrected chi connectivity index (χ1v) is 8.13. The molecule has 1 unspecified atom stereocenters. The maximum atomic E-state index is 11.7. The van der Waals surface area contributed by atoms with E-state index in [1.54, 1.807) is 0 Å². The number of anilines is 2. The summed E-state index contributed by atoms with van der Waals surface area (Å²) in [5.74, 6) is 0.100. The summed E-state index contributed by atoms with van der Waals surface area (Å²) in [5.41, 5.74) is 5.63. The molecular formula is C10H19N3O2S2. The predicted octanol–water partition coefficient (Wildman–Crippen LogP) is 1.75. The number of nitrogens with two attached hydrogens (primary N) is 1. The largest absolute Gasteiger partial charge is 0.382 e. The fourth-order valence-electron chi connectivity index (χ4n) is 1.67. The van der Waals surface area contributed by atoms with E-state index < -0.39 is 9.84 Å². The lowest BCUT2D eigenvalue weighted by molar-refractivity contribution is 0.598. The Hall–Kier alpha value is -0.820. The Kier molecular flexibility index (Phi) is 4.37. The van der Waals surface area contributed by atoms with E-state index >= 15 is 0 Å². The van der Waals surface area contributed by atoms with Gasteiger partial charge in [-0.05, 0) is 24.9 Å². The van der Waals surface area contributed by atoms with E-state index in [-0.39, 0.29) is 16.8 Å². The van der Waals surface area contributed by atoms with Crippen LogP contribution in [0.15, 0.2) is 4.90 Å². The highest BCUT2D eigenvalue weighted by atomic mass is 32.2. The van der Waals surface area contributed by atoms with Crippen molar-refractivity contribution in [3.63, 3.8) is 0 Å². The Morgan fingerprint density at radius 2 is 2.12 bits per heavy atom. The van der Waals surface area contributed by atoms with Crippen molar-refractivity contribution < 1.29 is 8.42 Å². The Labute approximate surface area is 107 Å². The fourth-order valence-corrected chi connectivity index (χ4v) is 3.95. The summed E-state index contributed by atoms with van der Waals surface area (Å²) in [6.45, 7) is 4.16. The normalized spacial score (nSPS) is 13.6. The number of nitrogens with zero attached hydrogens (tertiary/aromatic N) is 2. The maximum Gasteiger partial charge on any atom is 0.182 e. The van der Waals surface area contributed by atoms with Crippen molar-refractivity contribution in [2.45, 2.75) is 37.6 Å². The summed E-state index contributed by atoms with van der Waals surface area (Å²) in [7, 11) is -1.46. The van der Waals surface area contributed by atoms with Gasteiger partial charge in [-0.25, -0.2) is 8.42 Å². The molecule has 1 aromatic heterocycles. The minimum atomic E-state index is -3.33. The van der Waals surface area contributed by atoms with Crippen LogP contribution in [0.25, 0.3) is 0 Å². The molecule has 2 N–H and O–H groups in total. The molecule has 0 aromatic carbocycles. The molecule has 0 spiro atoms. The zero-order valence-corrected chi connectivity index (χ0v) is 12.2. The van der Waals surface area contributed by atoms with Crippen LogP contribution in [0.3, 0.4) is 0 Å². The van der Waals surface area contributed by atoms with Gasteiger partial charge in [-0.2, -0.15) is 4.37 Å². The minimum absolute atomic E-state index is 0.100. The average Bonchev–Trinajstić information content (AvgIpc) is 2.58. The van der Waals surface area contributed by atoms with Crippen LogP contribution >= 0.6 is 11.5 Å². The Balaban J connectivity index is 3.16. The van der Waals surface area contributed by atoms with E-state index in [0.29, 0.717) is 5.00 Å². The quantitative estimate of drug-likeness (QED) is 0.887. The van der Waals surface area contributed by atoms with Crippen molar-refractivity contribution in [3.8, 4) is 0 Å². The molecule has 0 radical (unpaired) electrons. The molecule has 5 nitrogen and oxygen atoms in total. The van der Waals surface area contributed by atoms with Gasteiger partial charge in [-0.3, -0.25) is 0 Å². The molecule has 0 aliphatic carbocycles. The van der Waals surface area contributed by atoms with Gasteiger partial charge in [0.05, 0.1) is 0 Å². The van der Waals surface area contributed by atoms with Crippen LogP contribution in [0.1, 0.15) is 26.7 Å². The van der Waals surface area contributed by atoms with Crippen LogP contribution in [0.2, 0.25) is 0 Å². The standard InChI is InChI=1S/C10H19N3O2S2/c1-5-6-7(2)13(3)10-8(17(4,14)15)9(11)12-16-10/h7H,5-6H2,1-4H3,(H2,11,12). The van der Waals surface area contributed by atoms with E-state index in [4.69, 9.17) is 5.73 Å². The molecule has 0 aliphatic rings. The van der Waals surface area contributed by atoms with E-state index in [0.717, 1.165) is 30.6 Å². The van der Waals surface area contributed by atoms with Crippen LogP contribution in [0.5, 0.6) is 0 Å². The van der Waals surface area contributed by atoms with Gasteiger partial charge in [0.2, 0.25) is 0 Å². The first kappa shape index (κ1) is 14.2. The summed E-state index contributed by atoms with van der Waals surface area (Å²) in [6, 6.07) is 0.264. The first-order valence-electron chi connectivity index (χ1n) is 5.47. The number of aromatic nitrogens is 1. The van der Waals surface area contributed by atoms with Crippen molar-refractivity contribution in [2.24, 2.45) is 0 Å². The van der Waals surface area contributed by atoms with Crippen molar-refractivity contribution >= 4 is 32.2 Å². The SMILES string of the molecule is CCCC(C)N(C)c1snc(N)c1S(C)(=O)=O. The van der Waals surface area contributed by atoms with Gasteiger partial charge < -0.3 is 10.6 Å². The number of hydrogen-bond acceptors (Lipinski definition) is 6. The number of rotatable bonds is 5. The van der Waals surface area contributed by atoms with Gasteiger partial charge in [0.1, 0.15) is 9.90 Å². The zero-order valence-electron chi connectivity index (χ0n) is 10.6. The molecule has 0 saturated heterocycles. The maximum absolute atomic E-state index is 11.7. The summed E-state index contributed by atoms with van der Waals surface area (Å²) in [6.07, 6.45) is 3.21. The second-order valence-electron chi connectivity index (χ2n) is 4.22. The summed E-state index contributed by atoms with van der Waals surface area (Å²) in [5, 5.41) is 0.631. The van der Waals surface area contributed by atoms with Crippen LogP contribution in [-0.4, -0.2) is 32.1 Å². The molecule has 0 saturated carbocycles. The monoisotopic (exact) mass is 277 g/mol. The van der Waals surface area contributed by atoms with Crippen LogP contribution in [0, 0.1) is 0 Å². The van der Waals surface area contributed by atoms with E-state index in [9.17, 15) is 8.42 Å². The van der Waals surface area contributed by atoms with E-state index in [2.05, 4.69) is 18.2 Å². The summed E-state index contributed by atoms with van der Waals surface area (Å²) >= 11 is 1.14. The highest BCUT2D eigenvalue weighted by Crippen LogP contribution is 2.35. The van der Waals surface area contributed by atoms with Gasteiger partial charge in [0, 0.05) is 19.3 Å². The van der Waals surface area contributed by atoms with E-state index in [1.807, 2.05) is 11.9 Å². The first-order chi connectivity index (χ1) is 7.79. The molecule has 1 rings (SSSR count). The molecular weight excluding hydrogens is 258 g/mol. The molecule has 17 heavy (non-hydrogen) atoms. The van der Waals surface area contributed by atoms with Crippen molar-refractivity contribution in [1.29, 1.82) is 0 Å². The molecule has 1 atom stereocenters. The van der Waals surface area contributed by atoms with E-state index in [1.165, 1.54) is 0 Å². The lowest BCUT2D eigenvalue weighted by Gasteiger charge is -2.25. The lowest BCUT2D eigenvalue weighted by Crippen LogP contribution is -2.29. The summed E-state index contributed by atoms with van der Waals surface area (Å²) in [4.78, 5) is 2.10. The molecule has 0 amide bonds. The van der Waals surface area contributed by atoms with Crippen molar-refractivity contribution in [1.82, 2.24) is 4.37 Å². The topological polar surface area (TPSA) is 76.3 Å². The molecule has 98 valence electrons. The van der Waals surface area contributed by atoms with Crippen molar-refractivity contribution in [2.75, 3.05) is 23.9 Å². The Morgan fingerprint density at radius 1 is 1.53 bits per heavy atom. The molecule has 1 aromatic rings. The van der Waals surface area contributed by atoms with Gasteiger partial charge in [0.15, 0.2) is 15.7 Å². The third-order valence-corrected chi connectivity index (χ3v) is 4.94. The number of sulfone groups is 1. The Bertz CT molecular complexity index is 482. The average molecular weight is 277 g/mol. The van der Waals surface area contributed by atoms with Crippen LogP contribution in [-0.2, 0) is 9.84 Å². The van der Waals surface area contributed by atoms with Gasteiger partial charge in [-0.1, -0.05) is 13.3 Å². The lowest BCUT2D eigenvalue weighted by atomic mass is 10.2. The molecule has 7 heteroatoms. The molecule has 1 heterocycles. The highest BCUT2D eigenvalue weighted by molar-refractivity contribution is 7.91. The van der Waals surface area contributed by atoms with Gasteiger partial charge in [0.25, 0.3) is 0 Å². The van der Waals surface area contributed by atoms with Gasteiger partial charge in [-0.15, -0.1) is 0 Å².